The Bertz CT molecular complexity index is 3270. The van der Waals surface area contributed by atoms with E-state index in [1.54, 1.807) is 0 Å². The summed E-state index contributed by atoms with van der Waals surface area (Å²) in [6, 6.07) is 63.0. The number of aliphatic imine (C=N–C) groups is 2. The zero-order valence-corrected chi connectivity index (χ0v) is 31.7. The number of hydrogen-bond donors (Lipinski definition) is 0. The average Bonchev–Trinajstić information content (AvgIpc) is 3.83. The zero-order valence-electron chi connectivity index (χ0n) is 31.7. The molecule has 0 saturated carbocycles. The van der Waals surface area contributed by atoms with Crippen LogP contribution in [0.1, 0.15) is 47.1 Å². The first-order valence-corrected chi connectivity index (χ1v) is 20.2. The molecule has 3 aliphatic rings. The second-order valence-corrected chi connectivity index (χ2v) is 15.7. The fraction of sp³-hybridized carbons (Fsp3) is 0.0741. The molecule has 0 N–H and O–H groups in total. The number of aromatic nitrogens is 1. The fourth-order valence-electron chi connectivity index (χ4n) is 9.31. The molecule has 2 atom stereocenters. The highest BCUT2D eigenvalue weighted by Gasteiger charge is 2.33. The molecule has 2 aliphatic heterocycles. The molecule has 58 heavy (non-hydrogen) atoms. The third kappa shape index (κ3) is 5.44. The molecule has 274 valence electrons. The van der Waals surface area contributed by atoms with Crippen molar-refractivity contribution in [3.63, 3.8) is 0 Å². The molecule has 0 amide bonds. The van der Waals surface area contributed by atoms with Crippen LogP contribution in [0.3, 0.4) is 0 Å². The molecule has 1 aliphatic carbocycles. The maximum absolute atomic E-state index is 6.84. The number of benzene rings is 8. The third-order valence-corrected chi connectivity index (χ3v) is 12.3. The highest BCUT2D eigenvalue weighted by atomic mass is 16.5. The first kappa shape index (κ1) is 32.9. The molecular weight excluding hydrogens is 707 g/mol. The van der Waals surface area contributed by atoms with Gasteiger partial charge >= 0.3 is 0 Å². The van der Waals surface area contributed by atoms with Crippen LogP contribution in [-0.2, 0) is 0 Å². The van der Waals surface area contributed by atoms with Crippen molar-refractivity contribution in [1.82, 2.24) is 4.57 Å². The van der Waals surface area contributed by atoms with Gasteiger partial charge in [-0.2, -0.15) is 0 Å². The number of ether oxygens (including phenoxy) is 1. The SMILES string of the molecule is C1=C2Oc3cc(C4CC(c5ccc6ccccc6c5)=NC(c5ccc6ccccc6c5)=N4)ccc3C2CC=C1n1c2ccccc2c2ccc(-c3ccccc3)cc21. The fourth-order valence-corrected chi connectivity index (χ4v) is 9.31. The van der Waals surface area contributed by atoms with E-state index in [4.69, 9.17) is 14.7 Å². The van der Waals surface area contributed by atoms with Crippen LogP contribution >= 0.6 is 0 Å². The lowest BCUT2D eigenvalue weighted by Gasteiger charge is -2.22. The van der Waals surface area contributed by atoms with Crippen molar-refractivity contribution in [1.29, 1.82) is 0 Å². The normalized spacial score (nSPS) is 17.4. The lowest BCUT2D eigenvalue weighted by molar-refractivity contribution is 0.425. The molecule has 2 unspecified atom stereocenters. The summed E-state index contributed by atoms with van der Waals surface area (Å²) in [4.78, 5) is 10.6. The highest BCUT2D eigenvalue weighted by molar-refractivity contribution is 6.16. The Labute approximate surface area is 336 Å². The predicted octanol–water partition coefficient (Wildman–Crippen LogP) is 13.5. The van der Waals surface area contributed by atoms with Crippen molar-refractivity contribution >= 4 is 60.6 Å². The van der Waals surface area contributed by atoms with Gasteiger partial charge < -0.3 is 9.30 Å². The Morgan fingerprint density at radius 1 is 0.534 bits per heavy atom. The second-order valence-electron chi connectivity index (χ2n) is 15.7. The molecule has 3 heterocycles. The van der Waals surface area contributed by atoms with Gasteiger partial charge in [-0.15, -0.1) is 0 Å². The van der Waals surface area contributed by atoms with Gasteiger partial charge in [-0.05, 0) is 80.6 Å². The van der Waals surface area contributed by atoms with Gasteiger partial charge in [-0.1, -0.05) is 152 Å². The van der Waals surface area contributed by atoms with Gasteiger partial charge in [0.25, 0.3) is 0 Å². The minimum Gasteiger partial charge on any atom is -0.461 e. The van der Waals surface area contributed by atoms with E-state index in [9.17, 15) is 0 Å². The first-order valence-electron chi connectivity index (χ1n) is 20.2. The number of allylic oxidation sites excluding steroid dienone is 4. The summed E-state index contributed by atoms with van der Waals surface area (Å²) in [7, 11) is 0. The standard InChI is InChI=1S/C54H37N3O/c1-2-10-34(11-3-1)39-22-25-45-44-16-8-9-17-50(44)57(51(45)30-39)43-24-27-47-46-26-23-41(31-52(46)58-53(47)32-43)49-33-48(40-20-18-35-12-4-6-14-37(35)28-40)55-54(56-49)42-21-19-36-13-5-7-15-38(36)29-42/h1-26,28-32,47,49H,27,33H2. The van der Waals surface area contributed by atoms with E-state index in [0.717, 1.165) is 51.9 Å². The Kier molecular flexibility index (Phi) is 7.45. The molecule has 0 fully saturated rings. The van der Waals surface area contributed by atoms with Crippen molar-refractivity contribution in [3.8, 4) is 16.9 Å². The number of amidine groups is 1. The molecule has 0 bridgehead atoms. The van der Waals surface area contributed by atoms with Crippen molar-refractivity contribution in [3.05, 3.63) is 216 Å². The van der Waals surface area contributed by atoms with Crippen LogP contribution < -0.4 is 4.74 Å². The van der Waals surface area contributed by atoms with E-state index in [0.29, 0.717) is 6.42 Å². The van der Waals surface area contributed by atoms with E-state index in [1.165, 1.54) is 60.0 Å². The largest absolute Gasteiger partial charge is 0.461 e. The smallest absolute Gasteiger partial charge is 0.155 e. The van der Waals surface area contributed by atoms with Gasteiger partial charge in [0.15, 0.2) is 5.84 Å². The van der Waals surface area contributed by atoms with Crippen molar-refractivity contribution in [2.45, 2.75) is 24.8 Å². The topological polar surface area (TPSA) is 38.9 Å². The molecule has 8 aromatic carbocycles. The van der Waals surface area contributed by atoms with Gasteiger partial charge in [-0.3, -0.25) is 4.99 Å². The lowest BCUT2D eigenvalue weighted by atomic mass is 9.89. The molecule has 9 aromatic rings. The summed E-state index contributed by atoms with van der Waals surface area (Å²) in [5.41, 5.74) is 11.5. The van der Waals surface area contributed by atoms with Crippen molar-refractivity contribution < 1.29 is 4.74 Å². The Morgan fingerprint density at radius 3 is 2.05 bits per heavy atom. The van der Waals surface area contributed by atoms with E-state index in [-0.39, 0.29) is 12.0 Å². The zero-order chi connectivity index (χ0) is 38.2. The quantitative estimate of drug-likeness (QED) is 0.173. The van der Waals surface area contributed by atoms with Crippen LogP contribution in [0.2, 0.25) is 0 Å². The molecule has 1 aromatic heterocycles. The van der Waals surface area contributed by atoms with Gasteiger partial charge in [0, 0.05) is 46.0 Å². The lowest BCUT2D eigenvalue weighted by Crippen LogP contribution is -2.17. The van der Waals surface area contributed by atoms with E-state index >= 15 is 0 Å². The summed E-state index contributed by atoms with van der Waals surface area (Å²) < 4.78 is 9.25. The maximum Gasteiger partial charge on any atom is 0.155 e. The highest BCUT2D eigenvalue weighted by Crippen LogP contribution is 2.48. The summed E-state index contributed by atoms with van der Waals surface area (Å²) in [6.45, 7) is 0. The van der Waals surface area contributed by atoms with Crippen LogP contribution in [0.5, 0.6) is 5.75 Å². The van der Waals surface area contributed by atoms with Crippen LogP contribution in [0.15, 0.2) is 204 Å². The Hall–Kier alpha value is -7.30. The van der Waals surface area contributed by atoms with Gasteiger partial charge in [0.2, 0.25) is 0 Å². The summed E-state index contributed by atoms with van der Waals surface area (Å²) in [6.07, 6.45) is 6.21. The Balaban J connectivity index is 0.909. The van der Waals surface area contributed by atoms with E-state index in [2.05, 4.69) is 193 Å². The average molecular weight is 744 g/mol. The minimum atomic E-state index is -0.115. The summed E-state index contributed by atoms with van der Waals surface area (Å²) >= 11 is 0. The maximum atomic E-state index is 6.84. The minimum absolute atomic E-state index is 0.115. The number of hydrogen-bond acceptors (Lipinski definition) is 3. The molecule has 0 radical (unpaired) electrons. The molecule has 12 rings (SSSR count). The molecule has 0 spiro atoms. The first-order chi connectivity index (χ1) is 28.7. The van der Waals surface area contributed by atoms with Crippen molar-refractivity contribution in [2.24, 2.45) is 9.98 Å². The molecular formula is C54H37N3O. The number of fused-ring (bicyclic) bond motifs is 8. The summed E-state index contributed by atoms with van der Waals surface area (Å²) in [5, 5.41) is 7.32. The number of rotatable bonds is 5. The molecule has 0 saturated heterocycles. The van der Waals surface area contributed by atoms with E-state index < -0.39 is 0 Å². The summed E-state index contributed by atoms with van der Waals surface area (Å²) in [5.74, 6) is 2.86. The van der Waals surface area contributed by atoms with Crippen LogP contribution in [0.25, 0.3) is 60.2 Å². The van der Waals surface area contributed by atoms with Crippen molar-refractivity contribution in [2.75, 3.05) is 0 Å². The predicted molar refractivity (Wildman–Crippen MR) is 240 cm³/mol. The Morgan fingerprint density at radius 2 is 1.22 bits per heavy atom. The van der Waals surface area contributed by atoms with Crippen LogP contribution in [0, 0.1) is 0 Å². The van der Waals surface area contributed by atoms with Gasteiger partial charge in [-0.25, -0.2) is 4.99 Å². The van der Waals surface area contributed by atoms with Gasteiger partial charge in [0.05, 0.1) is 22.8 Å². The third-order valence-electron chi connectivity index (χ3n) is 12.3. The number of nitrogens with zero attached hydrogens (tertiary/aromatic N) is 3. The molecule has 4 nitrogen and oxygen atoms in total. The second kappa shape index (κ2) is 13.1. The monoisotopic (exact) mass is 743 g/mol. The van der Waals surface area contributed by atoms with Gasteiger partial charge in [0.1, 0.15) is 11.5 Å². The van der Waals surface area contributed by atoms with E-state index in [1.807, 2.05) is 0 Å². The van der Waals surface area contributed by atoms with Crippen LogP contribution in [0.4, 0.5) is 0 Å². The van der Waals surface area contributed by atoms with Crippen LogP contribution in [-0.4, -0.2) is 16.1 Å². The number of para-hydroxylation sites is 1. The molecule has 4 heteroatoms.